The fourth-order valence-electron chi connectivity index (χ4n) is 3.02. The quantitative estimate of drug-likeness (QED) is 0.924. The van der Waals surface area contributed by atoms with Crippen molar-refractivity contribution in [1.82, 2.24) is 14.7 Å². The molecule has 1 aromatic heterocycles. The Balaban J connectivity index is 2.21. The fourth-order valence-corrected chi connectivity index (χ4v) is 3.02. The van der Waals surface area contributed by atoms with Crippen molar-refractivity contribution in [3.8, 4) is 0 Å². The van der Waals surface area contributed by atoms with E-state index < -0.39 is 11.9 Å². The molecule has 116 valence electrons. The fraction of sp³-hybridized carbons (Fsp3) is 0.667. The normalized spacial score (nSPS) is 22.6. The minimum Gasteiger partial charge on any atom is -0.481 e. The standard InChI is InChI=1S/C15H23N3O3/c1-9(2)18-11(4)13(6-16-18)14(19)17-7-10(3)5-12(8-17)15(20)21/h6,9-10,12H,5,7-8H2,1-4H3,(H,20,21). The average Bonchev–Trinajstić information content (AvgIpc) is 2.79. The summed E-state index contributed by atoms with van der Waals surface area (Å²) in [5, 5.41) is 13.5. The lowest BCUT2D eigenvalue weighted by atomic mass is 9.90. The van der Waals surface area contributed by atoms with Gasteiger partial charge in [0.25, 0.3) is 5.91 Å². The van der Waals surface area contributed by atoms with Gasteiger partial charge in [-0.25, -0.2) is 0 Å². The van der Waals surface area contributed by atoms with Crippen LogP contribution in [-0.2, 0) is 4.79 Å². The van der Waals surface area contributed by atoms with E-state index in [1.165, 1.54) is 0 Å². The van der Waals surface area contributed by atoms with Crippen LogP contribution in [0.1, 0.15) is 49.3 Å². The Kier molecular flexibility index (Phi) is 4.34. The summed E-state index contributed by atoms with van der Waals surface area (Å²) in [5.74, 6) is -1.21. The lowest BCUT2D eigenvalue weighted by Crippen LogP contribution is -2.45. The molecule has 0 bridgehead atoms. The Morgan fingerprint density at radius 3 is 2.57 bits per heavy atom. The predicted octanol–water partition coefficient (Wildman–Crippen LogP) is 1.96. The lowest BCUT2D eigenvalue weighted by Gasteiger charge is -2.34. The first-order chi connectivity index (χ1) is 9.81. The molecule has 2 atom stereocenters. The molecule has 2 rings (SSSR count). The first-order valence-corrected chi connectivity index (χ1v) is 7.37. The lowest BCUT2D eigenvalue weighted by molar-refractivity contribution is -0.143. The molecule has 1 aliphatic heterocycles. The van der Waals surface area contributed by atoms with Gasteiger partial charge in [-0.05, 0) is 33.1 Å². The Bertz CT molecular complexity index is 550. The molecule has 2 unspecified atom stereocenters. The third-order valence-electron chi connectivity index (χ3n) is 4.06. The number of aromatic nitrogens is 2. The first kappa shape index (κ1) is 15.5. The molecule has 1 aliphatic rings. The predicted molar refractivity (Wildman–Crippen MR) is 78.2 cm³/mol. The van der Waals surface area contributed by atoms with E-state index in [2.05, 4.69) is 5.10 Å². The number of carboxylic acid groups (broad SMARTS) is 1. The molecule has 1 fully saturated rings. The summed E-state index contributed by atoms with van der Waals surface area (Å²) in [4.78, 5) is 25.5. The van der Waals surface area contributed by atoms with Gasteiger partial charge in [-0.15, -0.1) is 0 Å². The van der Waals surface area contributed by atoms with Crippen molar-refractivity contribution in [2.45, 2.75) is 40.2 Å². The molecular weight excluding hydrogens is 270 g/mol. The summed E-state index contributed by atoms with van der Waals surface area (Å²) >= 11 is 0. The summed E-state index contributed by atoms with van der Waals surface area (Å²) in [5.41, 5.74) is 1.40. The van der Waals surface area contributed by atoms with E-state index in [0.29, 0.717) is 18.5 Å². The summed E-state index contributed by atoms with van der Waals surface area (Å²) in [6, 6.07) is 0.193. The van der Waals surface area contributed by atoms with Crippen LogP contribution < -0.4 is 0 Å². The van der Waals surface area contributed by atoms with Crippen LogP contribution in [0.5, 0.6) is 0 Å². The summed E-state index contributed by atoms with van der Waals surface area (Å²) in [7, 11) is 0. The van der Waals surface area contributed by atoms with Crippen LogP contribution in [0, 0.1) is 18.8 Å². The largest absolute Gasteiger partial charge is 0.481 e. The zero-order valence-electron chi connectivity index (χ0n) is 13.0. The van der Waals surface area contributed by atoms with E-state index in [-0.39, 0.29) is 24.4 Å². The van der Waals surface area contributed by atoms with E-state index in [1.54, 1.807) is 11.1 Å². The van der Waals surface area contributed by atoms with Crippen LogP contribution >= 0.6 is 0 Å². The van der Waals surface area contributed by atoms with Crippen LogP contribution in [0.3, 0.4) is 0 Å². The SMILES string of the molecule is Cc1c(C(=O)N2CC(C)CC(C(=O)O)C2)cnn1C(C)C. The molecule has 1 N–H and O–H groups in total. The summed E-state index contributed by atoms with van der Waals surface area (Å²) < 4.78 is 1.81. The van der Waals surface area contributed by atoms with Gasteiger partial charge in [0.2, 0.25) is 0 Å². The maximum absolute atomic E-state index is 12.6. The molecule has 1 saturated heterocycles. The molecule has 0 aliphatic carbocycles. The molecular formula is C15H23N3O3. The number of likely N-dealkylation sites (tertiary alicyclic amines) is 1. The highest BCUT2D eigenvalue weighted by atomic mass is 16.4. The maximum Gasteiger partial charge on any atom is 0.308 e. The highest BCUT2D eigenvalue weighted by Gasteiger charge is 2.33. The molecule has 0 aromatic carbocycles. The van der Waals surface area contributed by atoms with Gasteiger partial charge < -0.3 is 10.0 Å². The molecule has 0 spiro atoms. The molecule has 0 saturated carbocycles. The third kappa shape index (κ3) is 3.09. The molecule has 0 radical (unpaired) electrons. The molecule has 21 heavy (non-hydrogen) atoms. The van der Waals surface area contributed by atoms with E-state index >= 15 is 0 Å². The number of aliphatic carboxylic acids is 1. The average molecular weight is 293 g/mol. The summed E-state index contributed by atoms with van der Waals surface area (Å²) in [6.07, 6.45) is 2.22. The number of carbonyl (C=O) groups excluding carboxylic acids is 1. The number of carbonyl (C=O) groups is 2. The number of hydrogen-bond donors (Lipinski definition) is 1. The topological polar surface area (TPSA) is 75.4 Å². The zero-order chi connectivity index (χ0) is 15.7. The van der Waals surface area contributed by atoms with Crippen molar-refractivity contribution < 1.29 is 14.7 Å². The van der Waals surface area contributed by atoms with Crippen molar-refractivity contribution in [3.05, 3.63) is 17.5 Å². The Morgan fingerprint density at radius 2 is 2.05 bits per heavy atom. The number of rotatable bonds is 3. The van der Waals surface area contributed by atoms with Crippen LogP contribution in [0.4, 0.5) is 0 Å². The van der Waals surface area contributed by atoms with Crippen molar-refractivity contribution in [2.24, 2.45) is 11.8 Å². The monoisotopic (exact) mass is 293 g/mol. The van der Waals surface area contributed by atoms with Crippen molar-refractivity contribution in [3.63, 3.8) is 0 Å². The minimum atomic E-state index is -0.825. The third-order valence-corrected chi connectivity index (χ3v) is 4.06. The summed E-state index contributed by atoms with van der Waals surface area (Å²) in [6.45, 7) is 8.77. The first-order valence-electron chi connectivity index (χ1n) is 7.37. The van der Waals surface area contributed by atoms with Gasteiger partial charge in [0.05, 0.1) is 17.7 Å². The second-order valence-corrected chi connectivity index (χ2v) is 6.27. The van der Waals surface area contributed by atoms with Crippen LogP contribution in [0.25, 0.3) is 0 Å². The number of amides is 1. The Hall–Kier alpha value is -1.85. The zero-order valence-corrected chi connectivity index (χ0v) is 13.0. The van der Waals surface area contributed by atoms with E-state index in [9.17, 15) is 14.7 Å². The van der Waals surface area contributed by atoms with Gasteiger partial charge in [-0.3, -0.25) is 14.3 Å². The van der Waals surface area contributed by atoms with Gasteiger partial charge in [-0.2, -0.15) is 5.10 Å². The van der Waals surface area contributed by atoms with E-state index in [4.69, 9.17) is 0 Å². The van der Waals surface area contributed by atoms with Gasteiger partial charge in [0.15, 0.2) is 0 Å². The molecule has 6 nitrogen and oxygen atoms in total. The maximum atomic E-state index is 12.6. The molecule has 2 heterocycles. The number of piperidine rings is 1. The Labute approximate surface area is 124 Å². The van der Waals surface area contributed by atoms with Crippen molar-refractivity contribution in [1.29, 1.82) is 0 Å². The van der Waals surface area contributed by atoms with E-state index in [1.807, 2.05) is 32.4 Å². The van der Waals surface area contributed by atoms with Gasteiger partial charge in [0, 0.05) is 24.8 Å². The van der Waals surface area contributed by atoms with Gasteiger partial charge in [0.1, 0.15) is 0 Å². The molecule has 1 aromatic rings. The second kappa shape index (κ2) is 5.87. The highest BCUT2D eigenvalue weighted by molar-refractivity contribution is 5.95. The number of hydrogen-bond acceptors (Lipinski definition) is 3. The van der Waals surface area contributed by atoms with Crippen LogP contribution in [-0.4, -0.2) is 44.8 Å². The Morgan fingerprint density at radius 1 is 1.38 bits per heavy atom. The van der Waals surface area contributed by atoms with Crippen molar-refractivity contribution in [2.75, 3.05) is 13.1 Å². The highest BCUT2D eigenvalue weighted by Crippen LogP contribution is 2.24. The van der Waals surface area contributed by atoms with Crippen molar-refractivity contribution >= 4 is 11.9 Å². The smallest absolute Gasteiger partial charge is 0.308 e. The molecule has 6 heteroatoms. The minimum absolute atomic E-state index is 0.114. The molecule has 1 amide bonds. The van der Waals surface area contributed by atoms with Gasteiger partial charge >= 0.3 is 5.97 Å². The van der Waals surface area contributed by atoms with Gasteiger partial charge in [-0.1, -0.05) is 6.92 Å². The van der Waals surface area contributed by atoms with Crippen LogP contribution in [0.2, 0.25) is 0 Å². The second-order valence-electron chi connectivity index (χ2n) is 6.27. The van der Waals surface area contributed by atoms with E-state index in [0.717, 1.165) is 5.69 Å². The van der Waals surface area contributed by atoms with Crippen LogP contribution in [0.15, 0.2) is 6.20 Å². The number of carboxylic acids is 1. The number of nitrogens with zero attached hydrogens (tertiary/aromatic N) is 3.